The monoisotopic (exact) mass is 334 g/mol. The fourth-order valence-corrected chi connectivity index (χ4v) is 2.95. The number of rotatable bonds is 1. The summed E-state index contributed by atoms with van der Waals surface area (Å²) in [6, 6.07) is 29.2. The van der Waals surface area contributed by atoms with Gasteiger partial charge in [0.1, 0.15) is 0 Å². The van der Waals surface area contributed by atoms with Crippen molar-refractivity contribution in [2.75, 3.05) is 0 Å². The van der Waals surface area contributed by atoms with Gasteiger partial charge in [0.25, 0.3) is 0 Å². The summed E-state index contributed by atoms with van der Waals surface area (Å²) in [7, 11) is 0. The normalized spacial score (nSPS) is 10.5. The van der Waals surface area contributed by atoms with Gasteiger partial charge in [0.2, 0.25) is 0 Å². The van der Waals surface area contributed by atoms with Crippen LogP contribution in [0.25, 0.3) is 38.7 Å². The predicted molar refractivity (Wildman–Crippen MR) is 111 cm³/mol. The highest BCUT2D eigenvalue weighted by atomic mass is 14.8. The van der Waals surface area contributed by atoms with Gasteiger partial charge in [-0.25, -0.2) is 4.98 Å². The van der Waals surface area contributed by atoms with Gasteiger partial charge in [-0.1, -0.05) is 67.2 Å². The van der Waals surface area contributed by atoms with E-state index in [2.05, 4.69) is 77.2 Å². The summed E-state index contributed by atoms with van der Waals surface area (Å²) in [6.45, 7) is 3.64. The molecule has 5 rings (SSSR count). The van der Waals surface area contributed by atoms with Crippen LogP contribution in [0.4, 0.5) is 0 Å². The van der Waals surface area contributed by atoms with Gasteiger partial charge in [0.05, 0.1) is 22.9 Å². The smallest absolute Gasteiger partial charge is 0.0894 e. The zero-order valence-corrected chi connectivity index (χ0v) is 14.3. The molecule has 26 heavy (non-hydrogen) atoms. The van der Waals surface area contributed by atoms with Crippen molar-refractivity contribution in [1.82, 2.24) is 9.97 Å². The molecule has 0 aliphatic carbocycles. The first-order chi connectivity index (χ1) is 12.8. The molecule has 0 spiro atoms. The molecule has 1 aromatic heterocycles. The van der Waals surface area contributed by atoms with Gasteiger partial charge >= 0.3 is 0 Å². The molecule has 0 aliphatic heterocycles. The molecule has 0 saturated heterocycles. The van der Waals surface area contributed by atoms with Gasteiger partial charge in [-0.15, -0.1) is 0 Å². The molecule has 0 bridgehead atoms. The average molecular weight is 334 g/mol. The Hall–Kier alpha value is -3.52. The minimum absolute atomic E-state index is 0.814. The van der Waals surface area contributed by atoms with Gasteiger partial charge in [-0.05, 0) is 51.9 Å². The van der Waals surface area contributed by atoms with Crippen LogP contribution >= 0.6 is 0 Å². The van der Waals surface area contributed by atoms with E-state index >= 15 is 0 Å². The summed E-state index contributed by atoms with van der Waals surface area (Å²) in [5, 5.41) is 5.25. The van der Waals surface area contributed by atoms with Crippen LogP contribution in [0.3, 0.4) is 0 Å². The fraction of sp³-hybridized carbons (Fsp3) is 0. The van der Waals surface area contributed by atoms with Crippen LogP contribution in [0.15, 0.2) is 97.7 Å². The molecule has 0 unspecified atom stereocenters. The summed E-state index contributed by atoms with van der Waals surface area (Å²) in [4.78, 5) is 8.53. The molecule has 0 saturated carbocycles. The van der Waals surface area contributed by atoms with Crippen LogP contribution < -0.4 is 0 Å². The van der Waals surface area contributed by atoms with Crippen LogP contribution in [0, 0.1) is 0 Å². The van der Waals surface area contributed by atoms with Crippen molar-refractivity contribution >= 4 is 38.7 Å². The molecule has 1 heterocycles. The van der Waals surface area contributed by atoms with E-state index in [-0.39, 0.29) is 0 Å². The zero-order chi connectivity index (χ0) is 17.8. The summed E-state index contributed by atoms with van der Waals surface area (Å²) in [5.74, 6) is 0. The lowest BCUT2D eigenvalue weighted by Gasteiger charge is -2.00. The maximum Gasteiger partial charge on any atom is 0.0894 e. The van der Waals surface area contributed by atoms with E-state index in [1.165, 1.54) is 21.5 Å². The maximum atomic E-state index is 4.31. The Morgan fingerprint density at radius 2 is 1.08 bits per heavy atom. The quantitative estimate of drug-likeness (QED) is 0.338. The molecule has 5 aromatic rings. The summed E-state index contributed by atoms with van der Waals surface area (Å²) in [6.07, 6.45) is 3.41. The Kier molecular flexibility index (Phi) is 4.40. The lowest BCUT2D eigenvalue weighted by Crippen LogP contribution is -1.85. The largest absolute Gasteiger partial charge is 0.252 e. The molecule has 124 valence electrons. The number of fused-ring (bicyclic) bond motifs is 3. The van der Waals surface area contributed by atoms with Crippen LogP contribution in [-0.2, 0) is 0 Å². The highest BCUT2D eigenvalue weighted by Crippen LogP contribution is 2.22. The molecule has 0 amide bonds. The Labute approximate surface area is 152 Å². The first kappa shape index (κ1) is 16.0. The molecular weight excluding hydrogens is 316 g/mol. The van der Waals surface area contributed by atoms with Crippen molar-refractivity contribution in [3.8, 4) is 0 Å². The van der Waals surface area contributed by atoms with E-state index in [4.69, 9.17) is 0 Å². The molecule has 2 nitrogen and oxygen atoms in total. The Bertz CT molecular complexity index is 1100. The number of nitrogens with zero attached hydrogens (tertiary/aromatic N) is 2. The Morgan fingerprint density at radius 1 is 0.615 bits per heavy atom. The number of para-hydroxylation sites is 2. The number of hydrogen-bond donors (Lipinski definition) is 0. The van der Waals surface area contributed by atoms with Gasteiger partial charge in [-0.3, -0.25) is 4.98 Å². The van der Waals surface area contributed by atoms with Crippen molar-refractivity contribution in [2.45, 2.75) is 0 Å². The number of benzene rings is 4. The number of hydrogen-bond acceptors (Lipinski definition) is 2. The van der Waals surface area contributed by atoms with Crippen molar-refractivity contribution in [3.63, 3.8) is 0 Å². The molecule has 0 radical (unpaired) electrons. The third-order valence-corrected chi connectivity index (χ3v) is 4.29. The van der Waals surface area contributed by atoms with Crippen LogP contribution in [-0.4, -0.2) is 9.97 Å². The summed E-state index contributed by atoms with van der Waals surface area (Å²) in [5.41, 5.74) is 2.65. The van der Waals surface area contributed by atoms with E-state index in [0.29, 0.717) is 0 Å². The van der Waals surface area contributed by atoms with Gasteiger partial charge in [-0.2, -0.15) is 0 Å². The summed E-state index contributed by atoms with van der Waals surface area (Å²) < 4.78 is 0. The van der Waals surface area contributed by atoms with E-state index < -0.39 is 0 Å². The maximum absolute atomic E-state index is 4.31. The minimum atomic E-state index is 0.814. The number of aromatic nitrogens is 2. The van der Waals surface area contributed by atoms with E-state index in [9.17, 15) is 0 Å². The topological polar surface area (TPSA) is 25.8 Å². The average Bonchev–Trinajstić information content (AvgIpc) is 2.72. The lowest BCUT2D eigenvalue weighted by atomic mass is 10.0. The van der Waals surface area contributed by atoms with Crippen molar-refractivity contribution in [2.24, 2.45) is 0 Å². The van der Waals surface area contributed by atoms with Crippen molar-refractivity contribution in [3.05, 3.63) is 103 Å². The van der Waals surface area contributed by atoms with Gasteiger partial charge < -0.3 is 0 Å². The fourth-order valence-electron chi connectivity index (χ4n) is 2.95. The highest BCUT2D eigenvalue weighted by Gasteiger charge is 1.95. The second kappa shape index (κ2) is 7.16. The van der Waals surface area contributed by atoms with Crippen LogP contribution in [0.5, 0.6) is 0 Å². The van der Waals surface area contributed by atoms with E-state index in [0.717, 1.165) is 16.7 Å². The minimum Gasteiger partial charge on any atom is -0.252 e. The predicted octanol–water partition coefficient (Wildman–Crippen LogP) is 6.27. The first-order valence-corrected chi connectivity index (χ1v) is 8.55. The molecular formula is C24H18N2. The molecule has 4 aromatic carbocycles. The standard InChI is InChI=1S/C14H10.C10H8N2/c1-2-6-12-10-14-8-4-3-7-13(14)9-11(12)5-1;1-2-8-7-11-9-5-3-4-6-10(9)12-8/h1-10H;2-7H,1H2. The molecule has 0 fully saturated rings. The van der Waals surface area contributed by atoms with Crippen molar-refractivity contribution < 1.29 is 0 Å². The van der Waals surface area contributed by atoms with E-state index in [1.54, 1.807) is 12.3 Å². The Morgan fingerprint density at radius 3 is 1.58 bits per heavy atom. The van der Waals surface area contributed by atoms with Crippen LogP contribution in [0.1, 0.15) is 5.69 Å². The molecule has 2 heteroatoms. The highest BCUT2D eigenvalue weighted by molar-refractivity contribution is 5.98. The summed E-state index contributed by atoms with van der Waals surface area (Å²) >= 11 is 0. The van der Waals surface area contributed by atoms with Gasteiger partial charge in [0.15, 0.2) is 0 Å². The second-order valence-corrected chi connectivity index (χ2v) is 6.03. The first-order valence-electron chi connectivity index (χ1n) is 8.55. The van der Waals surface area contributed by atoms with Crippen molar-refractivity contribution in [1.29, 1.82) is 0 Å². The third kappa shape index (κ3) is 3.31. The van der Waals surface area contributed by atoms with Gasteiger partial charge in [0, 0.05) is 0 Å². The van der Waals surface area contributed by atoms with Crippen LogP contribution in [0.2, 0.25) is 0 Å². The molecule has 0 N–H and O–H groups in total. The SMILES string of the molecule is C=Cc1cnc2ccccc2n1.c1ccc2cc3ccccc3cc2c1. The zero-order valence-electron chi connectivity index (χ0n) is 14.3. The Balaban J connectivity index is 0.000000131. The van der Waals surface area contributed by atoms with E-state index in [1.807, 2.05) is 24.3 Å². The lowest BCUT2D eigenvalue weighted by molar-refractivity contribution is 1.27. The molecule has 0 aliphatic rings. The third-order valence-electron chi connectivity index (χ3n) is 4.29. The molecule has 0 atom stereocenters. The second-order valence-electron chi connectivity index (χ2n) is 6.03.